The fourth-order valence-corrected chi connectivity index (χ4v) is 3.04. The largest absolute Gasteiger partial charge is 0.664 e. The van der Waals surface area contributed by atoms with Gasteiger partial charge in [0.25, 0.3) is 0 Å². The van der Waals surface area contributed by atoms with Crippen LogP contribution >= 0.6 is 31.4 Å². The number of halogens is 2. The van der Waals surface area contributed by atoms with Gasteiger partial charge in [-0.25, -0.2) is 4.52 Å². The number of carbonyl (C=O) groups is 1. The Hall–Kier alpha value is -1.65. The minimum Gasteiger partial charge on any atom is -0.460 e. The molecule has 0 heterocycles. The summed E-state index contributed by atoms with van der Waals surface area (Å²) < 4.78 is 22.3. The monoisotopic (exact) mass is 386 g/mol. The Morgan fingerprint density at radius 3 is 2.58 bits per heavy atom. The molecular weight excluding hydrogens is 372 g/mol. The molecule has 2 atom stereocenters. The number of rotatable bonds is 7. The zero-order chi connectivity index (χ0) is 17.5. The lowest BCUT2D eigenvalue weighted by atomic mass is 10.2. The SMILES string of the molecule is C[C@H](N[P+](=O)Oc1ccc(Cl)cc1Cl)C(=O)OCc1ccccc1. The van der Waals surface area contributed by atoms with Crippen LogP contribution in [0.1, 0.15) is 12.5 Å². The summed E-state index contributed by atoms with van der Waals surface area (Å²) in [6.07, 6.45) is 0. The van der Waals surface area contributed by atoms with Crippen molar-refractivity contribution in [2.75, 3.05) is 0 Å². The van der Waals surface area contributed by atoms with E-state index in [0.29, 0.717) is 5.02 Å². The molecule has 0 fully saturated rings. The zero-order valence-electron chi connectivity index (χ0n) is 12.7. The molecule has 2 rings (SSSR count). The topological polar surface area (TPSA) is 64.6 Å². The second-order valence-corrected chi connectivity index (χ2v) is 6.67. The van der Waals surface area contributed by atoms with Gasteiger partial charge in [-0.3, -0.25) is 4.79 Å². The molecule has 0 aromatic heterocycles. The fourth-order valence-electron chi connectivity index (χ4n) is 1.73. The van der Waals surface area contributed by atoms with E-state index >= 15 is 0 Å². The maximum atomic E-state index is 12.0. The highest BCUT2D eigenvalue weighted by Crippen LogP contribution is 2.33. The molecule has 8 heteroatoms. The van der Waals surface area contributed by atoms with E-state index in [9.17, 15) is 9.36 Å². The van der Waals surface area contributed by atoms with Crippen LogP contribution in [0.5, 0.6) is 5.75 Å². The zero-order valence-corrected chi connectivity index (χ0v) is 15.1. The predicted molar refractivity (Wildman–Crippen MR) is 93.5 cm³/mol. The van der Waals surface area contributed by atoms with E-state index in [1.54, 1.807) is 6.07 Å². The first-order valence-electron chi connectivity index (χ1n) is 7.02. The molecule has 0 bridgehead atoms. The molecule has 1 N–H and O–H groups in total. The highest BCUT2D eigenvalue weighted by molar-refractivity contribution is 7.37. The van der Waals surface area contributed by atoms with Gasteiger partial charge >= 0.3 is 14.1 Å². The average molecular weight is 387 g/mol. The standard InChI is InChI=1S/C16H15Cl2NO4P/c1-11(16(20)22-10-12-5-3-2-4-6-12)19-24(21)23-15-8-7-13(17)9-14(15)18/h2-9,11H,10H2,1H3,(H,19,21)/q+1/t11-/m0/s1. The van der Waals surface area contributed by atoms with Crippen molar-refractivity contribution >= 4 is 37.3 Å². The van der Waals surface area contributed by atoms with Crippen LogP contribution in [0.2, 0.25) is 10.0 Å². The number of nitrogens with one attached hydrogen (secondary N) is 1. The number of benzene rings is 2. The molecule has 0 aliphatic heterocycles. The molecule has 0 aliphatic carbocycles. The summed E-state index contributed by atoms with van der Waals surface area (Å²) in [5.74, 6) is -0.326. The van der Waals surface area contributed by atoms with Gasteiger partial charge in [-0.2, -0.15) is 0 Å². The van der Waals surface area contributed by atoms with Gasteiger partial charge in [0.1, 0.15) is 12.6 Å². The number of carbonyl (C=O) groups excluding carboxylic acids is 1. The van der Waals surface area contributed by atoms with Gasteiger partial charge in [-0.05, 0) is 30.7 Å². The average Bonchev–Trinajstić information content (AvgIpc) is 2.56. The Bertz CT molecular complexity index is 727. The van der Waals surface area contributed by atoms with Crippen LogP contribution in [0, 0.1) is 0 Å². The lowest BCUT2D eigenvalue weighted by Crippen LogP contribution is -2.31. The molecule has 0 spiro atoms. The second-order valence-electron chi connectivity index (χ2n) is 4.87. The van der Waals surface area contributed by atoms with Gasteiger partial charge in [0.2, 0.25) is 5.75 Å². The smallest absolute Gasteiger partial charge is 0.460 e. The Labute approximate surface area is 150 Å². The van der Waals surface area contributed by atoms with Crippen molar-refractivity contribution in [2.24, 2.45) is 0 Å². The molecule has 24 heavy (non-hydrogen) atoms. The van der Waals surface area contributed by atoms with Crippen molar-refractivity contribution in [1.82, 2.24) is 5.09 Å². The summed E-state index contributed by atoms with van der Waals surface area (Å²) in [4.78, 5) is 11.9. The first-order valence-corrected chi connectivity index (χ1v) is 8.96. The lowest BCUT2D eigenvalue weighted by molar-refractivity contribution is -0.146. The summed E-state index contributed by atoms with van der Waals surface area (Å²) in [6.45, 7) is 1.68. The van der Waals surface area contributed by atoms with Gasteiger partial charge in [0.05, 0.1) is 5.02 Å². The van der Waals surface area contributed by atoms with Gasteiger partial charge in [0, 0.05) is 9.59 Å². The highest BCUT2D eigenvalue weighted by Gasteiger charge is 2.29. The number of hydrogen-bond donors (Lipinski definition) is 1. The molecule has 1 unspecified atom stereocenters. The normalized spacial score (nSPS) is 12.4. The van der Waals surface area contributed by atoms with Crippen molar-refractivity contribution in [3.05, 3.63) is 64.1 Å². The minimum atomic E-state index is -2.35. The molecule has 0 radical (unpaired) electrons. The minimum absolute atomic E-state index is 0.145. The van der Waals surface area contributed by atoms with Crippen molar-refractivity contribution in [1.29, 1.82) is 0 Å². The molecule has 5 nitrogen and oxygen atoms in total. The third-order valence-corrected chi connectivity index (χ3v) is 4.44. The van der Waals surface area contributed by atoms with Crippen molar-refractivity contribution in [3.8, 4) is 5.75 Å². The first kappa shape index (κ1) is 18.7. The first-order chi connectivity index (χ1) is 11.5. The van der Waals surface area contributed by atoms with Crippen LogP contribution < -0.4 is 9.61 Å². The summed E-state index contributed by atoms with van der Waals surface area (Å²) in [5, 5.41) is 3.19. The Morgan fingerprint density at radius 2 is 1.92 bits per heavy atom. The van der Waals surface area contributed by atoms with Crippen LogP contribution in [0.25, 0.3) is 0 Å². The Morgan fingerprint density at radius 1 is 1.21 bits per heavy atom. The van der Waals surface area contributed by atoms with Crippen LogP contribution in [-0.2, 0) is 20.7 Å². The van der Waals surface area contributed by atoms with Gasteiger partial charge in [-0.1, -0.05) is 58.6 Å². The maximum absolute atomic E-state index is 12.0. The summed E-state index contributed by atoms with van der Waals surface area (Å²) in [5.41, 5.74) is 0.867. The molecule has 0 saturated carbocycles. The third-order valence-electron chi connectivity index (χ3n) is 2.95. The van der Waals surface area contributed by atoms with Crippen LogP contribution in [-0.4, -0.2) is 12.0 Å². The number of esters is 1. The molecule has 2 aromatic carbocycles. The number of ether oxygens (including phenoxy) is 1. The molecule has 0 aliphatic rings. The second kappa shape index (κ2) is 9.00. The van der Waals surface area contributed by atoms with Crippen LogP contribution in [0.15, 0.2) is 48.5 Å². The quantitative estimate of drug-likeness (QED) is 0.549. The summed E-state index contributed by atoms with van der Waals surface area (Å²) >= 11 is 11.7. The van der Waals surface area contributed by atoms with Gasteiger partial charge < -0.3 is 4.74 Å². The summed E-state index contributed by atoms with van der Waals surface area (Å²) in [7, 11) is -2.35. The fraction of sp³-hybridized carbons (Fsp3) is 0.188. The van der Waals surface area contributed by atoms with Crippen LogP contribution in [0.4, 0.5) is 0 Å². The molecule has 2 aromatic rings. The van der Waals surface area contributed by atoms with E-state index in [2.05, 4.69) is 5.09 Å². The highest BCUT2D eigenvalue weighted by atomic mass is 35.5. The third kappa shape index (κ3) is 5.77. The maximum Gasteiger partial charge on any atom is 0.664 e. The Kier molecular flexibility index (Phi) is 7.00. The molecular formula is C16H15Cl2NO4P+. The molecule has 0 amide bonds. The van der Waals surface area contributed by atoms with Crippen molar-refractivity contribution in [3.63, 3.8) is 0 Å². The molecule has 126 valence electrons. The Balaban J connectivity index is 1.83. The van der Waals surface area contributed by atoms with E-state index in [4.69, 9.17) is 32.5 Å². The van der Waals surface area contributed by atoms with Gasteiger partial charge in [-0.15, -0.1) is 0 Å². The van der Waals surface area contributed by atoms with Crippen LogP contribution in [0.3, 0.4) is 0 Å². The van der Waals surface area contributed by atoms with Crippen molar-refractivity contribution in [2.45, 2.75) is 19.6 Å². The summed E-state index contributed by atoms with van der Waals surface area (Å²) in [6, 6.07) is 13.0. The van der Waals surface area contributed by atoms with E-state index in [1.165, 1.54) is 19.1 Å². The lowest BCUT2D eigenvalue weighted by Gasteiger charge is -2.08. The predicted octanol–water partition coefficient (Wildman–Crippen LogP) is 4.75. The van der Waals surface area contributed by atoms with E-state index in [0.717, 1.165) is 5.56 Å². The van der Waals surface area contributed by atoms with E-state index in [-0.39, 0.29) is 17.4 Å². The number of hydrogen-bond acceptors (Lipinski definition) is 4. The van der Waals surface area contributed by atoms with E-state index < -0.39 is 20.2 Å². The van der Waals surface area contributed by atoms with Gasteiger partial charge in [0.15, 0.2) is 0 Å². The molecule has 0 saturated heterocycles. The van der Waals surface area contributed by atoms with E-state index in [1.807, 2.05) is 30.3 Å². The van der Waals surface area contributed by atoms with Crippen molar-refractivity contribution < 1.29 is 18.6 Å².